The summed E-state index contributed by atoms with van der Waals surface area (Å²) in [4.78, 5) is 0. The lowest BCUT2D eigenvalue weighted by molar-refractivity contribution is -0.00324. The van der Waals surface area contributed by atoms with Gasteiger partial charge in [0.15, 0.2) is 25.0 Å². The van der Waals surface area contributed by atoms with Crippen LogP contribution >= 0.6 is 7.14 Å². The lowest BCUT2D eigenvalue weighted by atomic mass is 9.79. The number of benzene rings is 2. The first-order valence-electron chi connectivity index (χ1n) is 18.2. The molecule has 1 saturated carbocycles. The zero-order chi connectivity index (χ0) is 36.4. The highest BCUT2D eigenvalue weighted by Gasteiger charge is 2.48. The highest BCUT2D eigenvalue weighted by Crippen LogP contribution is 2.48. The van der Waals surface area contributed by atoms with Crippen molar-refractivity contribution >= 4 is 42.7 Å². The average Bonchev–Trinajstić information content (AvgIpc) is 2.96. The van der Waals surface area contributed by atoms with E-state index in [2.05, 4.69) is 108 Å². The zero-order valence-corrected chi connectivity index (χ0v) is 37.1. The van der Waals surface area contributed by atoms with Crippen molar-refractivity contribution in [2.45, 2.75) is 148 Å². The molecule has 1 unspecified atom stereocenters. The molecule has 0 spiro atoms. The fourth-order valence-corrected chi connectivity index (χ4v) is 12.0. The molecule has 0 aromatic heterocycles. The van der Waals surface area contributed by atoms with Crippen molar-refractivity contribution in [1.29, 1.82) is 0 Å². The molecular formula is C40H69O4PSi3. The van der Waals surface area contributed by atoms with E-state index in [-0.39, 0.29) is 33.2 Å². The summed E-state index contributed by atoms with van der Waals surface area (Å²) in [7, 11) is -9.03. The van der Waals surface area contributed by atoms with E-state index in [9.17, 15) is 0 Å². The second-order valence-electron chi connectivity index (χ2n) is 18.8. The molecular weight excluding hydrogens is 660 g/mol. The van der Waals surface area contributed by atoms with Crippen LogP contribution in [-0.2, 0) is 17.8 Å². The van der Waals surface area contributed by atoms with Gasteiger partial charge in [-0.3, -0.25) is 0 Å². The summed E-state index contributed by atoms with van der Waals surface area (Å²) in [6, 6.07) is 20.1. The summed E-state index contributed by atoms with van der Waals surface area (Å²) in [5.74, 6) is 0.227. The van der Waals surface area contributed by atoms with Gasteiger partial charge in [-0.1, -0.05) is 135 Å². The first-order valence-corrected chi connectivity index (χ1v) is 28.8. The first kappa shape index (κ1) is 41.4. The molecule has 48 heavy (non-hydrogen) atoms. The maximum atomic E-state index is 15.0. The second kappa shape index (κ2) is 15.3. The second-order valence-corrected chi connectivity index (χ2v) is 36.0. The van der Waals surface area contributed by atoms with E-state index in [0.717, 1.165) is 36.5 Å². The molecule has 4 nitrogen and oxygen atoms in total. The maximum absolute atomic E-state index is 15.0. The minimum atomic E-state index is -2.89. The average molecular weight is 729 g/mol. The number of hydrogen-bond donors (Lipinski definition) is 0. The normalized spacial score (nSPS) is 21.5. The summed E-state index contributed by atoms with van der Waals surface area (Å²) in [6.45, 7) is 35.8. The van der Waals surface area contributed by atoms with E-state index in [1.54, 1.807) is 0 Å². The van der Waals surface area contributed by atoms with Crippen molar-refractivity contribution in [1.82, 2.24) is 0 Å². The van der Waals surface area contributed by atoms with Crippen molar-refractivity contribution in [2.24, 2.45) is 5.92 Å². The molecule has 0 N–H and O–H groups in total. The molecule has 8 heteroatoms. The lowest BCUT2D eigenvalue weighted by Gasteiger charge is -2.49. The third-order valence-electron chi connectivity index (χ3n) is 12.1. The van der Waals surface area contributed by atoms with Gasteiger partial charge in [0.2, 0.25) is 0 Å². The van der Waals surface area contributed by atoms with E-state index in [4.69, 9.17) is 13.3 Å². The molecule has 3 rings (SSSR count). The highest BCUT2D eigenvalue weighted by atomic mass is 31.2. The van der Waals surface area contributed by atoms with E-state index in [1.165, 1.54) is 5.57 Å². The Morgan fingerprint density at radius 3 is 1.38 bits per heavy atom. The molecule has 270 valence electrons. The van der Waals surface area contributed by atoms with Crippen molar-refractivity contribution in [3.63, 3.8) is 0 Å². The molecule has 0 bridgehead atoms. The molecule has 3 atom stereocenters. The van der Waals surface area contributed by atoms with Gasteiger partial charge in [0.1, 0.15) is 7.14 Å². The SMILES string of the molecule is CC(C)(C)[Si](C)(C)OCCC1[C@@H](O[Si](C)(C)C(C)(C)C)CC(=CCP(=O)(c2ccccc2)c2ccccc2)C[C@H]1O[Si](C)(C)C(C)(C)C. The molecule has 2 aromatic carbocycles. The topological polar surface area (TPSA) is 44.8 Å². The smallest absolute Gasteiger partial charge is 0.192 e. The van der Waals surface area contributed by atoms with Gasteiger partial charge in [-0.15, -0.1) is 0 Å². The molecule has 1 aliphatic rings. The number of hydrogen-bond acceptors (Lipinski definition) is 4. The molecule has 2 aromatic rings. The Kier molecular flexibility index (Phi) is 13.2. The Hall–Kier alpha value is -1.06. The molecule has 1 fully saturated rings. The largest absolute Gasteiger partial charge is 0.417 e. The van der Waals surface area contributed by atoms with Crippen LogP contribution in [0.15, 0.2) is 72.3 Å². The third-order valence-corrected chi connectivity index (χ3v) is 28.6. The first-order chi connectivity index (χ1) is 21.8. The molecule has 0 radical (unpaired) electrons. The van der Waals surface area contributed by atoms with E-state index in [0.29, 0.717) is 6.16 Å². The fourth-order valence-electron chi connectivity index (χ4n) is 5.67. The van der Waals surface area contributed by atoms with Gasteiger partial charge in [0.25, 0.3) is 0 Å². The third kappa shape index (κ3) is 10.0. The summed E-state index contributed by atoms with van der Waals surface area (Å²) < 4.78 is 36.6. The summed E-state index contributed by atoms with van der Waals surface area (Å²) in [5.41, 5.74) is 1.32. The molecule has 0 amide bonds. The fraction of sp³-hybridized carbons (Fsp3) is 0.650. The van der Waals surface area contributed by atoms with Crippen LogP contribution in [0.25, 0.3) is 0 Å². The maximum Gasteiger partial charge on any atom is 0.192 e. The Balaban J connectivity index is 2.09. The Bertz CT molecular complexity index is 1320. The van der Waals surface area contributed by atoms with Gasteiger partial charge in [-0.25, -0.2) is 0 Å². The van der Waals surface area contributed by atoms with Crippen LogP contribution in [0.4, 0.5) is 0 Å². The van der Waals surface area contributed by atoms with Crippen LogP contribution in [0.3, 0.4) is 0 Å². The number of allylic oxidation sites excluding steroid dienone is 1. The Morgan fingerprint density at radius 1 is 0.646 bits per heavy atom. The van der Waals surface area contributed by atoms with Crippen LogP contribution in [0, 0.1) is 5.92 Å². The van der Waals surface area contributed by atoms with Crippen LogP contribution < -0.4 is 10.6 Å². The van der Waals surface area contributed by atoms with Crippen molar-refractivity contribution < 1.29 is 17.8 Å². The van der Waals surface area contributed by atoms with Gasteiger partial charge in [-0.05, 0) is 73.7 Å². The predicted octanol–water partition coefficient (Wildman–Crippen LogP) is 11.5. The Morgan fingerprint density at radius 2 is 1.02 bits per heavy atom. The van der Waals surface area contributed by atoms with Gasteiger partial charge < -0.3 is 17.8 Å². The van der Waals surface area contributed by atoms with Crippen LogP contribution in [0.5, 0.6) is 0 Å². The van der Waals surface area contributed by atoms with Crippen molar-refractivity contribution in [3.8, 4) is 0 Å². The predicted molar refractivity (Wildman–Crippen MR) is 217 cm³/mol. The van der Waals surface area contributed by atoms with E-state index >= 15 is 4.57 Å². The summed E-state index contributed by atoms with van der Waals surface area (Å²) in [5, 5.41) is 2.15. The molecule has 0 heterocycles. The number of rotatable bonds is 12. The lowest BCUT2D eigenvalue weighted by Crippen LogP contribution is -2.53. The van der Waals surface area contributed by atoms with Crippen LogP contribution in [0.2, 0.25) is 54.4 Å². The van der Waals surface area contributed by atoms with Crippen LogP contribution in [0.1, 0.15) is 81.6 Å². The summed E-state index contributed by atoms with van der Waals surface area (Å²) in [6.07, 6.45) is 5.46. The van der Waals surface area contributed by atoms with Gasteiger partial charge in [0.05, 0.1) is 12.2 Å². The standard InChI is InChI=1S/C40H69O4PSi3/c1-38(2,3)46(10,11)42-28-26-35-36(43-47(12,13)39(4,5)6)30-32(31-37(35)44-48(14,15)40(7,8)9)27-29-45(41,33-22-18-16-19-23-33)34-24-20-17-21-25-34/h16-25,27,35-37H,26,28-31H2,1-15H3/t35?,36-,37+. The van der Waals surface area contributed by atoms with Gasteiger partial charge >= 0.3 is 0 Å². The van der Waals surface area contributed by atoms with Crippen molar-refractivity contribution in [3.05, 3.63) is 72.3 Å². The minimum absolute atomic E-state index is 0.0245. The quantitative estimate of drug-likeness (QED) is 0.124. The molecule has 0 saturated heterocycles. The van der Waals surface area contributed by atoms with Crippen molar-refractivity contribution in [2.75, 3.05) is 12.8 Å². The van der Waals surface area contributed by atoms with Gasteiger partial charge in [0, 0.05) is 29.3 Å². The van der Waals surface area contributed by atoms with Gasteiger partial charge in [-0.2, -0.15) is 0 Å². The van der Waals surface area contributed by atoms with Crippen LogP contribution in [-0.4, -0.2) is 49.9 Å². The molecule has 1 aliphatic carbocycles. The zero-order valence-electron chi connectivity index (χ0n) is 33.2. The molecule has 0 aliphatic heterocycles. The Labute approximate surface area is 298 Å². The minimum Gasteiger partial charge on any atom is -0.417 e. The van der Waals surface area contributed by atoms with E-state index in [1.807, 2.05) is 60.7 Å². The monoisotopic (exact) mass is 728 g/mol. The highest BCUT2D eigenvalue weighted by molar-refractivity contribution is 7.78. The van der Waals surface area contributed by atoms with E-state index < -0.39 is 32.1 Å². The summed E-state index contributed by atoms with van der Waals surface area (Å²) >= 11 is 0.